The molecule has 0 saturated heterocycles. The van der Waals surface area contributed by atoms with Crippen molar-refractivity contribution in [3.05, 3.63) is 78.4 Å². The Balaban J connectivity index is 1.63. The number of Topliss-reactive ketones (excluding diaryl/α,β-unsaturated/α-hetero) is 1. The lowest BCUT2D eigenvalue weighted by molar-refractivity contribution is 0.0993. The van der Waals surface area contributed by atoms with Crippen LogP contribution in [0.25, 0.3) is 20.8 Å². The van der Waals surface area contributed by atoms with Gasteiger partial charge in [-0.1, -0.05) is 18.2 Å². The van der Waals surface area contributed by atoms with Gasteiger partial charge in [0.1, 0.15) is 5.01 Å². The average Bonchev–Trinajstić information content (AvgIpc) is 3.07. The second-order valence-corrected chi connectivity index (χ2v) is 6.43. The van der Waals surface area contributed by atoms with E-state index in [0.717, 1.165) is 26.4 Å². The Bertz CT molecular complexity index is 978. The quantitative estimate of drug-likeness (QED) is 0.526. The summed E-state index contributed by atoms with van der Waals surface area (Å²) in [5.74, 6) is 0.0862. The molecule has 24 heavy (non-hydrogen) atoms. The number of nitrogens with zero attached hydrogens (tertiary/aromatic N) is 3. The summed E-state index contributed by atoms with van der Waals surface area (Å²) < 4.78 is 1.06. The highest BCUT2D eigenvalue weighted by atomic mass is 32.1. The lowest BCUT2D eigenvalue weighted by atomic mass is 10.0. The number of carbonyl (C=O) groups is 1. The Morgan fingerprint density at radius 2 is 1.83 bits per heavy atom. The van der Waals surface area contributed by atoms with Crippen molar-refractivity contribution in [3.8, 4) is 10.6 Å². The zero-order valence-corrected chi connectivity index (χ0v) is 13.5. The first-order chi connectivity index (χ1) is 11.8. The molecule has 1 aromatic carbocycles. The minimum atomic E-state index is 0.0862. The molecule has 0 spiro atoms. The summed E-state index contributed by atoms with van der Waals surface area (Å²) in [6.07, 6.45) is 7.21. The molecule has 0 aliphatic rings. The standard InChI is InChI=1S/C19H13N3OS/c23-17(14-4-7-20-8-5-14)11-13-2-1-3-15(10-13)19-22-16-6-9-21-12-18(16)24-19/h1-10,12H,11H2. The summed E-state index contributed by atoms with van der Waals surface area (Å²) in [4.78, 5) is 25.1. The zero-order chi connectivity index (χ0) is 16.4. The summed E-state index contributed by atoms with van der Waals surface area (Å²) >= 11 is 1.61. The average molecular weight is 331 g/mol. The molecule has 3 heterocycles. The van der Waals surface area contributed by atoms with Crippen molar-refractivity contribution in [3.63, 3.8) is 0 Å². The maximum atomic E-state index is 12.4. The molecule has 0 radical (unpaired) electrons. The smallest absolute Gasteiger partial charge is 0.167 e. The summed E-state index contributed by atoms with van der Waals surface area (Å²) in [7, 11) is 0. The van der Waals surface area contributed by atoms with Gasteiger partial charge >= 0.3 is 0 Å². The van der Waals surface area contributed by atoms with Crippen LogP contribution >= 0.6 is 11.3 Å². The van der Waals surface area contributed by atoms with Crippen LogP contribution in [0.1, 0.15) is 15.9 Å². The molecular formula is C19H13N3OS. The van der Waals surface area contributed by atoms with Crippen LogP contribution < -0.4 is 0 Å². The molecule has 0 amide bonds. The zero-order valence-electron chi connectivity index (χ0n) is 12.7. The fraction of sp³-hybridized carbons (Fsp3) is 0.0526. The Labute approximate surface area is 142 Å². The molecular weight excluding hydrogens is 318 g/mol. The van der Waals surface area contributed by atoms with Gasteiger partial charge in [0, 0.05) is 42.3 Å². The Morgan fingerprint density at radius 3 is 2.67 bits per heavy atom. The van der Waals surface area contributed by atoms with E-state index in [1.807, 2.05) is 36.5 Å². The van der Waals surface area contributed by atoms with E-state index in [1.165, 1.54) is 0 Å². The van der Waals surface area contributed by atoms with Gasteiger partial charge in [-0.15, -0.1) is 11.3 Å². The van der Waals surface area contributed by atoms with Crippen molar-refractivity contribution < 1.29 is 4.79 Å². The van der Waals surface area contributed by atoms with Gasteiger partial charge in [0.2, 0.25) is 0 Å². The van der Waals surface area contributed by atoms with E-state index >= 15 is 0 Å². The largest absolute Gasteiger partial charge is 0.294 e. The number of benzene rings is 1. The van der Waals surface area contributed by atoms with E-state index in [1.54, 1.807) is 42.1 Å². The van der Waals surface area contributed by atoms with E-state index in [-0.39, 0.29) is 5.78 Å². The van der Waals surface area contributed by atoms with Crippen LogP contribution in [0.15, 0.2) is 67.3 Å². The summed E-state index contributed by atoms with van der Waals surface area (Å²) in [5, 5.41) is 0.941. The van der Waals surface area contributed by atoms with Gasteiger partial charge in [-0.2, -0.15) is 0 Å². The highest BCUT2D eigenvalue weighted by Gasteiger charge is 2.10. The lowest BCUT2D eigenvalue weighted by Gasteiger charge is -2.03. The summed E-state index contributed by atoms with van der Waals surface area (Å²) in [6, 6.07) is 13.4. The number of aromatic nitrogens is 3. The van der Waals surface area contributed by atoms with Crippen molar-refractivity contribution in [2.45, 2.75) is 6.42 Å². The van der Waals surface area contributed by atoms with Crippen molar-refractivity contribution in [2.24, 2.45) is 0 Å². The Kier molecular flexibility index (Phi) is 3.84. The van der Waals surface area contributed by atoms with Crippen molar-refractivity contribution in [1.82, 2.24) is 15.0 Å². The molecule has 0 aliphatic heterocycles. The third-order valence-corrected chi connectivity index (χ3v) is 4.79. The first kappa shape index (κ1) is 14.7. The molecule has 0 fully saturated rings. The number of hydrogen-bond donors (Lipinski definition) is 0. The van der Waals surface area contributed by atoms with E-state index < -0.39 is 0 Å². The molecule has 4 nitrogen and oxygen atoms in total. The second kappa shape index (κ2) is 6.29. The van der Waals surface area contributed by atoms with Crippen molar-refractivity contribution in [1.29, 1.82) is 0 Å². The van der Waals surface area contributed by atoms with Gasteiger partial charge in [-0.05, 0) is 29.8 Å². The summed E-state index contributed by atoms with van der Waals surface area (Å²) in [5.41, 5.74) is 3.63. The van der Waals surface area contributed by atoms with Gasteiger partial charge in [0.25, 0.3) is 0 Å². The number of pyridine rings is 2. The van der Waals surface area contributed by atoms with Crippen LogP contribution in [0.5, 0.6) is 0 Å². The molecule has 0 bridgehead atoms. The summed E-state index contributed by atoms with van der Waals surface area (Å²) in [6.45, 7) is 0. The third-order valence-electron chi connectivity index (χ3n) is 3.73. The van der Waals surface area contributed by atoms with E-state index in [0.29, 0.717) is 12.0 Å². The molecule has 0 atom stereocenters. The van der Waals surface area contributed by atoms with Crippen LogP contribution in [0.3, 0.4) is 0 Å². The maximum absolute atomic E-state index is 12.4. The molecule has 4 aromatic rings. The number of hydrogen-bond acceptors (Lipinski definition) is 5. The fourth-order valence-corrected chi connectivity index (χ4v) is 3.47. The van der Waals surface area contributed by atoms with Crippen LogP contribution in [0, 0.1) is 0 Å². The topological polar surface area (TPSA) is 55.7 Å². The number of ketones is 1. The number of carbonyl (C=O) groups excluding carboxylic acids is 1. The second-order valence-electron chi connectivity index (χ2n) is 5.40. The van der Waals surface area contributed by atoms with Gasteiger partial charge in [-0.3, -0.25) is 14.8 Å². The highest BCUT2D eigenvalue weighted by Crippen LogP contribution is 2.30. The highest BCUT2D eigenvalue weighted by molar-refractivity contribution is 7.21. The molecule has 0 unspecified atom stereocenters. The Hall–Kier alpha value is -2.92. The van der Waals surface area contributed by atoms with Crippen LogP contribution in [-0.4, -0.2) is 20.7 Å². The Morgan fingerprint density at radius 1 is 1.00 bits per heavy atom. The molecule has 5 heteroatoms. The predicted molar refractivity (Wildman–Crippen MR) is 95.1 cm³/mol. The van der Waals surface area contributed by atoms with Crippen LogP contribution in [-0.2, 0) is 6.42 Å². The molecule has 3 aromatic heterocycles. The lowest BCUT2D eigenvalue weighted by Crippen LogP contribution is -2.03. The van der Waals surface area contributed by atoms with Crippen molar-refractivity contribution >= 4 is 27.3 Å². The third kappa shape index (κ3) is 2.94. The van der Waals surface area contributed by atoms with Crippen LogP contribution in [0.4, 0.5) is 0 Å². The van der Waals surface area contributed by atoms with Crippen LogP contribution in [0.2, 0.25) is 0 Å². The molecule has 4 rings (SSSR count). The van der Waals surface area contributed by atoms with Gasteiger partial charge in [0.15, 0.2) is 5.78 Å². The normalized spacial score (nSPS) is 10.8. The first-order valence-electron chi connectivity index (χ1n) is 7.53. The van der Waals surface area contributed by atoms with Crippen molar-refractivity contribution in [2.75, 3.05) is 0 Å². The SMILES string of the molecule is O=C(Cc1cccc(-c2nc3ccncc3s2)c1)c1ccncc1. The van der Waals surface area contributed by atoms with E-state index in [4.69, 9.17) is 0 Å². The minimum Gasteiger partial charge on any atom is -0.294 e. The maximum Gasteiger partial charge on any atom is 0.167 e. The van der Waals surface area contributed by atoms with E-state index in [2.05, 4.69) is 15.0 Å². The van der Waals surface area contributed by atoms with Gasteiger partial charge in [0.05, 0.1) is 10.2 Å². The number of rotatable bonds is 4. The molecule has 0 saturated carbocycles. The van der Waals surface area contributed by atoms with Gasteiger partial charge in [-0.25, -0.2) is 4.98 Å². The first-order valence-corrected chi connectivity index (χ1v) is 8.34. The number of fused-ring (bicyclic) bond motifs is 1. The minimum absolute atomic E-state index is 0.0862. The fourth-order valence-electron chi connectivity index (χ4n) is 2.54. The molecule has 0 N–H and O–H groups in total. The van der Waals surface area contributed by atoms with Gasteiger partial charge < -0.3 is 0 Å². The van der Waals surface area contributed by atoms with E-state index in [9.17, 15) is 4.79 Å². The molecule has 0 aliphatic carbocycles. The number of thiazole rings is 1. The monoisotopic (exact) mass is 331 g/mol. The molecule has 116 valence electrons. The predicted octanol–water partition coefficient (Wildman–Crippen LogP) is 4.18.